The van der Waals surface area contributed by atoms with Gasteiger partial charge in [0.25, 0.3) is 8.32 Å². The Labute approximate surface area is 374 Å². The van der Waals surface area contributed by atoms with Gasteiger partial charge in [-0.25, -0.2) is 0 Å². The average Bonchev–Trinajstić information content (AvgIpc) is 3.26. The summed E-state index contributed by atoms with van der Waals surface area (Å²) in [6.07, 6.45) is 22.6. The number of amides is 1. The first-order chi connectivity index (χ1) is 29.7. The number of benzene rings is 3. The van der Waals surface area contributed by atoms with Gasteiger partial charge in [-0.05, 0) is 52.4 Å². The number of nitrogens with one attached hydrogen (secondary N) is 1. The third kappa shape index (κ3) is 19.9. The fourth-order valence-electron chi connectivity index (χ4n) is 8.63. The fourth-order valence-corrected chi connectivity index (χ4v) is 13.2. The molecule has 61 heavy (non-hydrogen) atoms. The lowest BCUT2D eigenvalue weighted by Crippen LogP contribution is -2.67. The zero-order valence-corrected chi connectivity index (χ0v) is 40.7. The zero-order valence-electron chi connectivity index (χ0n) is 39.7. The van der Waals surface area contributed by atoms with Crippen molar-refractivity contribution in [3.8, 4) is 5.75 Å². The van der Waals surface area contributed by atoms with Crippen molar-refractivity contribution >= 4 is 24.6 Å². The molecule has 3 aromatic rings. The maximum atomic E-state index is 13.8. The first kappa shape index (κ1) is 52.3. The topological polar surface area (TPSA) is 69.3 Å². The number of hydrogen-bond acceptors (Lipinski definition) is 6. The molecular formula is C53H86N2O5Si. The summed E-state index contributed by atoms with van der Waals surface area (Å²) in [5.74, 6) is 0.961. The first-order valence-electron chi connectivity index (χ1n) is 24.2. The van der Waals surface area contributed by atoms with Crippen LogP contribution in [-0.2, 0) is 25.3 Å². The molecule has 0 heterocycles. The van der Waals surface area contributed by atoms with Crippen LogP contribution in [0.2, 0.25) is 5.04 Å². The monoisotopic (exact) mass is 859 g/mol. The minimum absolute atomic E-state index is 0.108. The van der Waals surface area contributed by atoms with Crippen LogP contribution >= 0.6 is 0 Å². The van der Waals surface area contributed by atoms with E-state index in [1.54, 1.807) is 14.2 Å². The lowest BCUT2D eigenvalue weighted by Gasteiger charge is -2.44. The molecule has 0 spiro atoms. The molecule has 0 aromatic heterocycles. The predicted molar refractivity (Wildman–Crippen MR) is 260 cm³/mol. The van der Waals surface area contributed by atoms with Gasteiger partial charge in [-0.15, -0.1) is 0 Å². The van der Waals surface area contributed by atoms with Crippen molar-refractivity contribution in [3.63, 3.8) is 0 Å². The zero-order chi connectivity index (χ0) is 44.0. The highest BCUT2D eigenvalue weighted by Gasteiger charge is 2.50. The van der Waals surface area contributed by atoms with E-state index in [0.717, 1.165) is 50.0 Å². The van der Waals surface area contributed by atoms with E-state index in [4.69, 9.17) is 18.6 Å². The predicted octanol–water partition coefficient (Wildman–Crippen LogP) is 12.0. The van der Waals surface area contributed by atoms with Crippen LogP contribution in [0.3, 0.4) is 0 Å². The van der Waals surface area contributed by atoms with Gasteiger partial charge in [0, 0.05) is 26.6 Å². The van der Waals surface area contributed by atoms with Crippen molar-refractivity contribution in [1.82, 2.24) is 10.2 Å². The second-order valence-electron chi connectivity index (χ2n) is 18.3. The quantitative estimate of drug-likeness (QED) is 0.0361. The van der Waals surface area contributed by atoms with E-state index in [2.05, 4.69) is 118 Å². The number of methoxy groups -OCH3 is 2. The van der Waals surface area contributed by atoms with Gasteiger partial charge < -0.3 is 24.0 Å². The summed E-state index contributed by atoms with van der Waals surface area (Å²) >= 11 is 0. The molecule has 0 fully saturated rings. The van der Waals surface area contributed by atoms with Crippen LogP contribution in [0.1, 0.15) is 162 Å². The summed E-state index contributed by atoms with van der Waals surface area (Å²) < 4.78 is 25.3. The van der Waals surface area contributed by atoms with Crippen molar-refractivity contribution < 1.29 is 23.4 Å². The minimum atomic E-state index is -2.83. The molecule has 0 aliphatic carbocycles. The molecule has 0 saturated heterocycles. The van der Waals surface area contributed by atoms with Gasteiger partial charge in [0.05, 0.1) is 39.2 Å². The van der Waals surface area contributed by atoms with Crippen molar-refractivity contribution in [2.45, 2.75) is 180 Å². The Morgan fingerprint density at radius 1 is 0.672 bits per heavy atom. The Morgan fingerprint density at radius 2 is 1.20 bits per heavy atom. The number of carbonyl (C=O) groups is 1. The first-order valence-corrected chi connectivity index (χ1v) is 26.1. The normalized spacial score (nSPS) is 13.0. The number of carbonyl (C=O) groups excluding carboxylic acids is 1. The summed E-state index contributed by atoms with van der Waals surface area (Å²) in [4.78, 5) is 16.1. The molecule has 0 unspecified atom stereocenters. The molecule has 8 heteroatoms. The Balaban J connectivity index is 1.77. The lowest BCUT2D eigenvalue weighted by atomic mass is 10.1. The minimum Gasteiger partial charge on any atom is -0.497 e. The third-order valence-corrected chi connectivity index (χ3v) is 17.1. The molecule has 2 atom stereocenters. The molecule has 342 valence electrons. The number of ether oxygens (including phenoxy) is 3. The smallest absolute Gasteiger partial charge is 0.261 e. The van der Waals surface area contributed by atoms with Crippen LogP contribution < -0.4 is 20.4 Å². The summed E-state index contributed by atoms with van der Waals surface area (Å²) in [6, 6.07) is 29.5. The number of hydrogen-bond donors (Lipinski definition) is 1. The van der Waals surface area contributed by atoms with E-state index in [0.29, 0.717) is 32.9 Å². The molecule has 0 radical (unpaired) electrons. The van der Waals surface area contributed by atoms with Crippen LogP contribution in [0.4, 0.5) is 0 Å². The Hall–Kier alpha value is -3.01. The SMILES string of the molecule is CCCCCCCCCCCCCC(=O)N[C@@H](CO[Si](c1ccccc1)(c1ccccc1)C(C)(C)C)CN(CC[C@@H](CCCCCCC)OCc1ccc(OC)cc1)COC. The Bertz CT molecular complexity index is 1480. The average molecular weight is 859 g/mol. The highest BCUT2D eigenvalue weighted by molar-refractivity contribution is 6.99. The van der Waals surface area contributed by atoms with Crippen molar-refractivity contribution in [3.05, 3.63) is 90.5 Å². The van der Waals surface area contributed by atoms with E-state index in [1.165, 1.54) is 93.8 Å². The second-order valence-corrected chi connectivity index (χ2v) is 22.6. The van der Waals surface area contributed by atoms with Gasteiger partial charge in [-0.2, -0.15) is 0 Å². The van der Waals surface area contributed by atoms with Gasteiger partial charge in [-0.3, -0.25) is 9.69 Å². The maximum Gasteiger partial charge on any atom is 0.261 e. The molecule has 0 aliphatic rings. The highest BCUT2D eigenvalue weighted by atomic mass is 28.4. The van der Waals surface area contributed by atoms with E-state index in [9.17, 15) is 4.79 Å². The lowest BCUT2D eigenvalue weighted by molar-refractivity contribution is -0.122. The van der Waals surface area contributed by atoms with E-state index < -0.39 is 8.32 Å². The van der Waals surface area contributed by atoms with Gasteiger partial charge in [-0.1, -0.05) is 204 Å². The molecule has 1 N–H and O–H groups in total. The van der Waals surface area contributed by atoms with Gasteiger partial charge in [0.1, 0.15) is 5.75 Å². The molecule has 0 aliphatic heterocycles. The van der Waals surface area contributed by atoms with E-state index in [-0.39, 0.29) is 23.1 Å². The van der Waals surface area contributed by atoms with Crippen LogP contribution in [-0.4, -0.2) is 71.9 Å². The standard InChI is InChI=1S/C53H86N2O5Si/c1-8-10-12-14-15-16-17-18-19-21-29-35-52(56)54-47(44-60-61(53(3,4)5,50-31-25-22-26-32-50)51-33-27-23-28-34-51)42-55(45-57-6)41-40-49(30-24-20-13-11-9-2)59-43-46-36-38-48(58-7)39-37-46/h22-23,25-28,31-34,36-39,47,49H,8-21,24,29-30,35,40-45H2,1-7H3,(H,54,56)/t47-,49-/m1/s1. The van der Waals surface area contributed by atoms with Crippen molar-refractivity contribution in [2.24, 2.45) is 0 Å². The summed E-state index contributed by atoms with van der Waals surface area (Å²) in [5, 5.41) is 5.80. The van der Waals surface area contributed by atoms with Gasteiger partial charge in [0.15, 0.2) is 0 Å². The number of rotatable bonds is 35. The molecule has 3 rings (SSSR count). The van der Waals surface area contributed by atoms with E-state index >= 15 is 0 Å². The van der Waals surface area contributed by atoms with Crippen LogP contribution in [0.5, 0.6) is 5.75 Å². The number of nitrogens with zero attached hydrogens (tertiary/aromatic N) is 1. The molecule has 1 amide bonds. The largest absolute Gasteiger partial charge is 0.497 e. The van der Waals surface area contributed by atoms with Gasteiger partial charge in [0.2, 0.25) is 5.91 Å². The third-order valence-electron chi connectivity index (χ3n) is 12.1. The summed E-state index contributed by atoms with van der Waals surface area (Å²) in [5.41, 5.74) is 1.14. The number of unbranched alkanes of at least 4 members (excludes halogenated alkanes) is 14. The van der Waals surface area contributed by atoms with Crippen molar-refractivity contribution in [2.75, 3.05) is 40.6 Å². The molecular weight excluding hydrogens is 773 g/mol. The summed E-state index contributed by atoms with van der Waals surface area (Å²) in [7, 11) is 0.629. The molecule has 3 aromatic carbocycles. The Kier molecular flexibility index (Phi) is 26.5. The van der Waals surface area contributed by atoms with Crippen LogP contribution in [0.25, 0.3) is 0 Å². The van der Waals surface area contributed by atoms with Crippen molar-refractivity contribution in [1.29, 1.82) is 0 Å². The van der Waals surface area contributed by atoms with Crippen LogP contribution in [0, 0.1) is 0 Å². The van der Waals surface area contributed by atoms with Crippen LogP contribution in [0.15, 0.2) is 84.9 Å². The molecule has 7 nitrogen and oxygen atoms in total. The summed E-state index contributed by atoms with van der Waals surface area (Å²) in [6.45, 7) is 14.3. The maximum absolute atomic E-state index is 13.8. The van der Waals surface area contributed by atoms with Gasteiger partial charge >= 0.3 is 0 Å². The Morgan fingerprint density at radius 3 is 1.70 bits per heavy atom. The highest BCUT2D eigenvalue weighted by Crippen LogP contribution is 2.37. The fraction of sp³-hybridized carbons (Fsp3) is 0.642. The second kappa shape index (κ2) is 30.9. The molecule has 0 bridgehead atoms. The molecule has 0 saturated carbocycles. The van der Waals surface area contributed by atoms with E-state index in [1.807, 2.05) is 12.1 Å².